The van der Waals surface area contributed by atoms with Crippen LogP contribution >= 0.6 is 0 Å². The number of nitrogens with zero attached hydrogens (tertiary/aromatic N) is 1. The number of nitrogens with two attached hydrogens (primary N) is 1. The lowest BCUT2D eigenvalue weighted by atomic mass is 9.99. The van der Waals surface area contributed by atoms with Crippen LogP contribution in [0.3, 0.4) is 0 Å². The van der Waals surface area contributed by atoms with Crippen molar-refractivity contribution in [3.8, 4) is 0 Å². The molecular weight excluding hydrogens is 332 g/mol. The van der Waals surface area contributed by atoms with Crippen LogP contribution in [0.15, 0.2) is 28.8 Å². The molecule has 0 amide bonds. The van der Waals surface area contributed by atoms with Gasteiger partial charge in [-0.05, 0) is 25.0 Å². The molecule has 2 aromatic rings. The molecule has 0 spiro atoms. The number of primary sulfonamides is 1. The summed E-state index contributed by atoms with van der Waals surface area (Å²) in [5, 5.41) is 17.9. The number of benzene rings is 1. The molecule has 134 valence electrons. The Morgan fingerprint density at radius 1 is 1.25 bits per heavy atom. The summed E-state index contributed by atoms with van der Waals surface area (Å²) >= 11 is 0. The number of sulfonamides is 1. The Hall–Kier alpha value is -1.93. The molecule has 8 heteroatoms. The molecule has 0 saturated heterocycles. The van der Waals surface area contributed by atoms with E-state index in [1.807, 2.05) is 13.8 Å². The van der Waals surface area contributed by atoms with Gasteiger partial charge in [0, 0.05) is 5.39 Å². The van der Waals surface area contributed by atoms with E-state index in [0.29, 0.717) is 16.7 Å². The molecular formula is C16H24N2O5S. The summed E-state index contributed by atoms with van der Waals surface area (Å²) < 4.78 is 26.6. The maximum absolute atomic E-state index is 10.8. The highest BCUT2D eigenvalue weighted by Gasteiger charge is 2.14. The second-order valence-corrected chi connectivity index (χ2v) is 7.16. The van der Waals surface area contributed by atoms with E-state index < -0.39 is 16.0 Å². The largest absolute Gasteiger partial charge is 0.481 e. The van der Waals surface area contributed by atoms with Crippen molar-refractivity contribution in [1.29, 1.82) is 0 Å². The molecule has 1 aromatic carbocycles. The van der Waals surface area contributed by atoms with Crippen molar-refractivity contribution in [2.24, 2.45) is 11.1 Å². The number of aliphatic carboxylic acids is 1. The van der Waals surface area contributed by atoms with E-state index in [1.165, 1.54) is 0 Å². The van der Waals surface area contributed by atoms with Crippen molar-refractivity contribution in [3.63, 3.8) is 0 Å². The van der Waals surface area contributed by atoms with Gasteiger partial charge in [0.1, 0.15) is 11.4 Å². The van der Waals surface area contributed by atoms with Crippen LogP contribution in [-0.4, -0.2) is 24.7 Å². The molecule has 0 radical (unpaired) electrons. The molecule has 1 aromatic heterocycles. The number of carboxylic acid groups (broad SMARTS) is 1. The standard InChI is InChI=1S/C8H8N2O3S.C8H16O2/c9-14(11,12)5-7-6-3-1-2-4-8(6)13-10-7;1-3-5-7(6-4-2)8(9)10/h1-4H,5H2,(H2,9,11,12);7H,3-6H2,1-2H3,(H,9,10). The Kier molecular flexibility index (Phi) is 7.87. The van der Waals surface area contributed by atoms with Gasteiger partial charge in [-0.3, -0.25) is 4.79 Å². The van der Waals surface area contributed by atoms with Gasteiger partial charge in [-0.25, -0.2) is 13.6 Å². The number of carboxylic acids is 1. The third-order valence-electron chi connectivity index (χ3n) is 3.41. The molecule has 7 nitrogen and oxygen atoms in total. The fourth-order valence-electron chi connectivity index (χ4n) is 2.32. The quantitative estimate of drug-likeness (QED) is 0.786. The van der Waals surface area contributed by atoms with Gasteiger partial charge in [0.05, 0.1) is 5.92 Å². The lowest BCUT2D eigenvalue weighted by Crippen LogP contribution is -2.14. The van der Waals surface area contributed by atoms with Crippen LogP contribution in [0.2, 0.25) is 0 Å². The SMILES string of the molecule is CCCC(CCC)C(=O)O.NS(=O)(=O)Cc1noc2ccccc12. The predicted molar refractivity (Wildman–Crippen MR) is 91.8 cm³/mol. The topological polar surface area (TPSA) is 123 Å². The van der Waals surface area contributed by atoms with E-state index in [1.54, 1.807) is 24.3 Å². The smallest absolute Gasteiger partial charge is 0.306 e. The molecule has 24 heavy (non-hydrogen) atoms. The summed E-state index contributed by atoms with van der Waals surface area (Å²) in [6.07, 6.45) is 3.58. The second-order valence-electron chi connectivity index (χ2n) is 5.55. The lowest BCUT2D eigenvalue weighted by molar-refractivity contribution is -0.142. The highest BCUT2D eigenvalue weighted by Crippen LogP contribution is 2.18. The van der Waals surface area contributed by atoms with Gasteiger partial charge in [0.15, 0.2) is 5.58 Å². The van der Waals surface area contributed by atoms with E-state index in [-0.39, 0.29) is 11.7 Å². The van der Waals surface area contributed by atoms with Crippen LogP contribution in [0.5, 0.6) is 0 Å². The minimum atomic E-state index is -3.56. The molecule has 2 rings (SSSR count). The van der Waals surface area contributed by atoms with Crippen LogP contribution in [0.25, 0.3) is 11.0 Å². The maximum atomic E-state index is 10.8. The van der Waals surface area contributed by atoms with Crippen molar-refractivity contribution >= 4 is 27.0 Å². The third-order valence-corrected chi connectivity index (χ3v) is 4.09. The molecule has 0 unspecified atom stereocenters. The first-order valence-electron chi connectivity index (χ1n) is 7.85. The first-order chi connectivity index (χ1) is 11.3. The molecule has 3 N–H and O–H groups in total. The van der Waals surface area contributed by atoms with Crippen LogP contribution in [0, 0.1) is 5.92 Å². The Labute approximate surface area is 141 Å². The summed E-state index contributed by atoms with van der Waals surface area (Å²) in [5.41, 5.74) is 0.911. The van der Waals surface area contributed by atoms with E-state index in [9.17, 15) is 13.2 Å². The number of carbonyl (C=O) groups is 1. The summed E-state index contributed by atoms with van der Waals surface area (Å²) in [4.78, 5) is 10.5. The summed E-state index contributed by atoms with van der Waals surface area (Å²) in [5.74, 6) is -1.04. The normalized spacial score (nSPS) is 11.3. The van der Waals surface area contributed by atoms with E-state index in [2.05, 4.69) is 5.16 Å². The molecule has 0 atom stereocenters. The summed E-state index contributed by atoms with van der Waals surface area (Å²) in [7, 11) is -3.56. The van der Waals surface area contributed by atoms with Gasteiger partial charge < -0.3 is 9.63 Å². The summed E-state index contributed by atoms with van der Waals surface area (Å²) in [6.45, 7) is 4.04. The monoisotopic (exact) mass is 356 g/mol. The molecule has 0 saturated carbocycles. The van der Waals surface area contributed by atoms with Crippen molar-refractivity contribution < 1.29 is 22.8 Å². The van der Waals surface area contributed by atoms with Crippen LogP contribution in [0.1, 0.15) is 45.2 Å². The Morgan fingerprint density at radius 2 is 1.83 bits per heavy atom. The number of fused-ring (bicyclic) bond motifs is 1. The highest BCUT2D eigenvalue weighted by atomic mass is 32.2. The minimum Gasteiger partial charge on any atom is -0.481 e. The minimum absolute atomic E-state index is 0.102. The number of hydrogen-bond acceptors (Lipinski definition) is 5. The third kappa shape index (κ3) is 6.67. The fourth-order valence-corrected chi connectivity index (χ4v) is 2.91. The molecule has 0 bridgehead atoms. The number of aromatic nitrogens is 1. The maximum Gasteiger partial charge on any atom is 0.306 e. The molecule has 1 heterocycles. The van der Waals surface area contributed by atoms with Crippen molar-refractivity contribution in [2.75, 3.05) is 0 Å². The zero-order chi connectivity index (χ0) is 18.2. The number of rotatable bonds is 7. The average molecular weight is 356 g/mol. The second kappa shape index (κ2) is 9.39. The number of para-hydroxylation sites is 1. The van der Waals surface area contributed by atoms with Gasteiger partial charge in [-0.15, -0.1) is 0 Å². The van der Waals surface area contributed by atoms with Crippen molar-refractivity contribution in [3.05, 3.63) is 30.0 Å². The molecule has 0 fully saturated rings. The molecule has 0 aliphatic carbocycles. The van der Waals surface area contributed by atoms with Crippen LogP contribution in [0.4, 0.5) is 0 Å². The van der Waals surface area contributed by atoms with Crippen molar-refractivity contribution in [1.82, 2.24) is 5.16 Å². The zero-order valence-electron chi connectivity index (χ0n) is 13.9. The average Bonchev–Trinajstić information content (AvgIpc) is 2.89. The fraction of sp³-hybridized carbons (Fsp3) is 0.500. The van der Waals surface area contributed by atoms with Gasteiger partial charge in [0.25, 0.3) is 0 Å². The predicted octanol–water partition coefficient (Wildman–Crippen LogP) is 2.90. The molecule has 0 aliphatic heterocycles. The van der Waals surface area contributed by atoms with Gasteiger partial charge in [0.2, 0.25) is 10.0 Å². The zero-order valence-corrected chi connectivity index (χ0v) is 14.8. The van der Waals surface area contributed by atoms with E-state index >= 15 is 0 Å². The molecule has 0 aliphatic rings. The Bertz CT molecular complexity index is 749. The van der Waals surface area contributed by atoms with Crippen LogP contribution in [-0.2, 0) is 20.6 Å². The van der Waals surface area contributed by atoms with Gasteiger partial charge in [-0.1, -0.05) is 44.0 Å². The first-order valence-corrected chi connectivity index (χ1v) is 9.56. The van der Waals surface area contributed by atoms with E-state index in [4.69, 9.17) is 14.8 Å². The van der Waals surface area contributed by atoms with Gasteiger partial charge in [-0.2, -0.15) is 0 Å². The summed E-state index contributed by atoms with van der Waals surface area (Å²) in [6, 6.07) is 7.03. The van der Waals surface area contributed by atoms with Crippen LogP contribution < -0.4 is 5.14 Å². The lowest BCUT2D eigenvalue weighted by Gasteiger charge is -2.07. The van der Waals surface area contributed by atoms with E-state index in [0.717, 1.165) is 25.7 Å². The number of hydrogen-bond donors (Lipinski definition) is 2. The van der Waals surface area contributed by atoms with Gasteiger partial charge >= 0.3 is 5.97 Å². The Balaban J connectivity index is 0.000000257. The Morgan fingerprint density at radius 3 is 2.33 bits per heavy atom. The van der Waals surface area contributed by atoms with Crippen molar-refractivity contribution in [2.45, 2.75) is 45.3 Å². The highest BCUT2D eigenvalue weighted by molar-refractivity contribution is 7.88. The first kappa shape index (κ1) is 20.1.